The lowest BCUT2D eigenvalue weighted by Crippen LogP contribution is -2.46. The van der Waals surface area contributed by atoms with Crippen molar-refractivity contribution in [1.82, 2.24) is 9.78 Å². The largest absolute Gasteiger partial charge is 0.454 e. The normalized spacial score (nSPS) is 16.4. The number of aryl methyl sites for hydroxylation is 1. The first-order valence-electron chi connectivity index (χ1n) is 13.2. The van der Waals surface area contributed by atoms with Crippen molar-refractivity contribution in [1.29, 1.82) is 0 Å². The van der Waals surface area contributed by atoms with E-state index in [-0.39, 0.29) is 12.8 Å². The SMILES string of the molecule is Cc1nn(-c2ccccc2)c2c1[C@H](c1ccccc1)N1C(=N2)C(Nc2ccc3c(c2)OCO3)=Nc2ccccc21. The quantitative estimate of drug-likeness (QED) is 0.284. The number of hydrogen-bond acceptors (Lipinski definition) is 7. The van der Waals surface area contributed by atoms with Gasteiger partial charge in [0.25, 0.3) is 0 Å². The van der Waals surface area contributed by atoms with Gasteiger partial charge in [0.2, 0.25) is 6.79 Å². The molecule has 8 rings (SSSR count). The second kappa shape index (κ2) is 8.84. The highest BCUT2D eigenvalue weighted by Gasteiger charge is 2.41. The number of nitrogens with zero attached hydrogens (tertiary/aromatic N) is 5. The molecule has 40 heavy (non-hydrogen) atoms. The zero-order chi connectivity index (χ0) is 26.6. The second-order valence-corrected chi connectivity index (χ2v) is 9.83. The van der Waals surface area contributed by atoms with Gasteiger partial charge < -0.3 is 19.7 Å². The van der Waals surface area contributed by atoms with Crippen molar-refractivity contribution in [3.63, 3.8) is 0 Å². The van der Waals surface area contributed by atoms with Gasteiger partial charge in [0, 0.05) is 17.3 Å². The first-order chi connectivity index (χ1) is 19.7. The van der Waals surface area contributed by atoms with E-state index in [1.54, 1.807) is 0 Å². The van der Waals surface area contributed by atoms with Crippen LogP contribution >= 0.6 is 0 Å². The number of aromatic nitrogens is 2. The van der Waals surface area contributed by atoms with Crippen molar-refractivity contribution >= 4 is 34.6 Å². The van der Waals surface area contributed by atoms with Crippen LogP contribution in [0.4, 0.5) is 22.9 Å². The number of benzene rings is 4. The van der Waals surface area contributed by atoms with Crippen LogP contribution in [0.25, 0.3) is 5.69 Å². The molecule has 8 nitrogen and oxygen atoms in total. The zero-order valence-corrected chi connectivity index (χ0v) is 21.7. The van der Waals surface area contributed by atoms with Gasteiger partial charge in [0.05, 0.1) is 28.8 Å². The van der Waals surface area contributed by atoms with Crippen LogP contribution in [-0.4, -0.2) is 28.2 Å². The molecular formula is C32H24N6O2. The Morgan fingerprint density at radius 3 is 2.40 bits per heavy atom. The van der Waals surface area contributed by atoms with E-state index >= 15 is 0 Å². The number of anilines is 2. The number of ether oxygens (including phenoxy) is 2. The van der Waals surface area contributed by atoms with Gasteiger partial charge in [-0.1, -0.05) is 60.7 Å². The molecule has 0 radical (unpaired) electrons. The molecule has 1 aromatic heterocycles. The second-order valence-electron chi connectivity index (χ2n) is 9.83. The number of aliphatic imine (C=N–C) groups is 2. The van der Waals surface area contributed by atoms with E-state index < -0.39 is 0 Å². The fourth-order valence-electron chi connectivity index (χ4n) is 5.61. The van der Waals surface area contributed by atoms with Gasteiger partial charge in [-0.15, -0.1) is 0 Å². The number of fused-ring (bicyclic) bond motifs is 5. The van der Waals surface area contributed by atoms with E-state index in [4.69, 9.17) is 24.6 Å². The first kappa shape index (κ1) is 22.6. The summed E-state index contributed by atoms with van der Waals surface area (Å²) in [7, 11) is 0. The van der Waals surface area contributed by atoms with Crippen LogP contribution in [0.15, 0.2) is 113 Å². The highest BCUT2D eigenvalue weighted by Crippen LogP contribution is 2.48. The minimum Gasteiger partial charge on any atom is -0.454 e. The van der Waals surface area contributed by atoms with Gasteiger partial charge in [-0.05, 0) is 48.9 Å². The predicted octanol–water partition coefficient (Wildman–Crippen LogP) is 6.70. The lowest BCUT2D eigenvalue weighted by Gasteiger charge is -2.40. The smallest absolute Gasteiger partial charge is 0.231 e. The van der Waals surface area contributed by atoms with Crippen LogP contribution in [0.5, 0.6) is 11.5 Å². The summed E-state index contributed by atoms with van der Waals surface area (Å²) in [5.74, 6) is 3.58. The van der Waals surface area contributed by atoms with Crippen LogP contribution in [0.1, 0.15) is 22.9 Å². The van der Waals surface area contributed by atoms with Gasteiger partial charge in [-0.25, -0.2) is 14.7 Å². The summed E-state index contributed by atoms with van der Waals surface area (Å²) in [4.78, 5) is 12.6. The molecule has 0 spiro atoms. The Hall–Kier alpha value is -5.37. The van der Waals surface area contributed by atoms with Gasteiger partial charge >= 0.3 is 0 Å². The van der Waals surface area contributed by atoms with Crippen molar-refractivity contribution in [2.24, 2.45) is 9.98 Å². The number of hydrogen-bond donors (Lipinski definition) is 1. The molecule has 4 heterocycles. The molecule has 4 aromatic carbocycles. The third-order valence-electron chi connectivity index (χ3n) is 7.39. The van der Waals surface area contributed by atoms with Crippen molar-refractivity contribution in [3.8, 4) is 17.2 Å². The molecule has 8 heteroatoms. The third-order valence-corrected chi connectivity index (χ3v) is 7.39. The Labute approximate surface area is 230 Å². The minimum absolute atomic E-state index is 0.161. The maximum absolute atomic E-state index is 5.63. The fraction of sp³-hybridized carbons (Fsp3) is 0.0938. The van der Waals surface area contributed by atoms with Crippen LogP contribution in [-0.2, 0) is 0 Å². The summed E-state index contributed by atoms with van der Waals surface area (Å²) in [5.41, 5.74) is 6.78. The Morgan fingerprint density at radius 2 is 1.55 bits per heavy atom. The average Bonchev–Trinajstić information content (AvgIpc) is 3.61. The Morgan fingerprint density at radius 1 is 0.800 bits per heavy atom. The molecule has 0 saturated heterocycles. The van der Waals surface area contributed by atoms with E-state index in [0.29, 0.717) is 11.6 Å². The topological polar surface area (TPSA) is 76.3 Å². The maximum Gasteiger partial charge on any atom is 0.231 e. The van der Waals surface area contributed by atoms with Crippen molar-refractivity contribution < 1.29 is 9.47 Å². The maximum atomic E-state index is 5.63. The molecular weight excluding hydrogens is 500 g/mol. The minimum atomic E-state index is -0.161. The molecule has 3 aliphatic heterocycles. The van der Waals surface area contributed by atoms with Crippen molar-refractivity contribution in [2.75, 3.05) is 17.0 Å². The fourth-order valence-corrected chi connectivity index (χ4v) is 5.61. The van der Waals surface area contributed by atoms with Crippen molar-refractivity contribution in [3.05, 3.63) is 120 Å². The molecule has 5 aromatic rings. The zero-order valence-electron chi connectivity index (χ0n) is 21.7. The lowest BCUT2D eigenvalue weighted by atomic mass is 9.93. The molecule has 0 unspecified atom stereocenters. The number of para-hydroxylation sites is 3. The highest BCUT2D eigenvalue weighted by atomic mass is 16.7. The average molecular weight is 525 g/mol. The summed E-state index contributed by atoms with van der Waals surface area (Å²) in [5, 5.41) is 8.52. The summed E-state index contributed by atoms with van der Waals surface area (Å²) in [6, 6.07) is 34.5. The first-order valence-corrected chi connectivity index (χ1v) is 13.2. The van der Waals surface area contributed by atoms with Crippen LogP contribution in [0.2, 0.25) is 0 Å². The summed E-state index contributed by atoms with van der Waals surface area (Å²) < 4.78 is 13.1. The molecule has 0 amide bonds. The molecule has 194 valence electrons. The van der Waals surface area contributed by atoms with E-state index in [1.807, 2.05) is 77.5 Å². The molecule has 0 fully saturated rings. The van der Waals surface area contributed by atoms with Gasteiger partial charge in [-0.2, -0.15) is 5.10 Å². The molecule has 0 bridgehead atoms. The number of rotatable bonds is 3. The monoisotopic (exact) mass is 524 g/mol. The van der Waals surface area contributed by atoms with E-state index in [1.165, 1.54) is 0 Å². The van der Waals surface area contributed by atoms with E-state index in [2.05, 4.69) is 47.5 Å². The van der Waals surface area contributed by atoms with Crippen LogP contribution in [0.3, 0.4) is 0 Å². The Balaban J connectivity index is 1.36. The predicted molar refractivity (Wildman–Crippen MR) is 156 cm³/mol. The Kier molecular flexibility index (Phi) is 5.00. The lowest BCUT2D eigenvalue weighted by molar-refractivity contribution is 0.174. The van der Waals surface area contributed by atoms with E-state index in [0.717, 1.165) is 57.0 Å². The Bertz CT molecular complexity index is 1830. The third kappa shape index (κ3) is 3.50. The molecule has 0 aliphatic carbocycles. The van der Waals surface area contributed by atoms with Crippen LogP contribution < -0.4 is 19.7 Å². The molecule has 0 saturated carbocycles. The molecule has 1 atom stereocenters. The molecule has 1 N–H and O–H groups in total. The van der Waals surface area contributed by atoms with Crippen molar-refractivity contribution in [2.45, 2.75) is 13.0 Å². The summed E-state index contributed by atoms with van der Waals surface area (Å²) in [6.07, 6.45) is 0. The van der Waals surface area contributed by atoms with Crippen LogP contribution in [0, 0.1) is 6.92 Å². The summed E-state index contributed by atoms with van der Waals surface area (Å²) >= 11 is 0. The van der Waals surface area contributed by atoms with Gasteiger partial charge in [0.15, 0.2) is 29.0 Å². The number of amidine groups is 2. The standard InChI is InChI=1S/C32H24N6O2/c1-20-28-29(21-10-4-2-5-11-21)37-25-15-9-8-14-24(25)34-30(33-22-16-17-26-27(18-22)40-19-39-26)32(37)35-31(28)38(36-20)23-12-6-3-7-13-23/h2-18,29H,19H2,1H3,(H,33,34)/t29-/m0/s1. The number of nitrogens with one attached hydrogen (secondary N) is 1. The summed E-state index contributed by atoms with van der Waals surface area (Å²) in [6.45, 7) is 2.28. The van der Waals surface area contributed by atoms with E-state index in [9.17, 15) is 0 Å². The highest BCUT2D eigenvalue weighted by molar-refractivity contribution is 6.51. The molecule has 3 aliphatic rings. The van der Waals surface area contributed by atoms with Gasteiger partial charge in [-0.3, -0.25) is 0 Å². The van der Waals surface area contributed by atoms with Gasteiger partial charge in [0.1, 0.15) is 0 Å².